The molecular formula is C12H17NS. The third-order valence-electron chi connectivity index (χ3n) is 2.82. The molecule has 0 aliphatic carbocycles. The lowest BCUT2D eigenvalue weighted by Gasteiger charge is -2.13. The lowest BCUT2D eigenvalue weighted by molar-refractivity contribution is 0.656. The molecule has 14 heavy (non-hydrogen) atoms. The Morgan fingerprint density at radius 3 is 2.64 bits per heavy atom. The predicted molar refractivity (Wildman–Crippen MR) is 64.0 cm³/mol. The van der Waals surface area contributed by atoms with E-state index >= 15 is 0 Å². The van der Waals surface area contributed by atoms with E-state index in [0.29, 0.717) is 11.3 Å². The van der Waals surface area contributed by atoms with Gasteiger partial charge in [0.15, 0.2) is 0 Å². The van der Waals surface area contributed by atoms with Crippen molar-refractivity contribution in [3.05, 3.63) is 23.3 Å². The van der Waals surface area contributed by atoms with Gasteiger partial charge in [-0.05, 0) is 37.0 Å². The average Bonchev–Trinajstić information content (AvgIpc) is 2.56. The van der Waals surface area contributed by atoms with E-state index in [1.54, 1.807) is 0 Å². The Kier molecular flexibility index (Phi) is 2.48. The number of aryl methyl sites for hydroxylation is 1. The monoisotopic (exact) mass is 207 g/mol. The first-order valence-electron chi connectivity index (χ1n) is 5.13. The molecule has 1 aliphatic rings. The Morgan fingerprint density at radius 2 is 2.00 bits per heavy atom. The van der Waals surface area contributed by atoms with Crippen LogP contribution in [-0.2, 0) is 0 Å². The van der Waals surface area contributed by atoms with E-state index in [1.165, 1.54) is 21.7 Å². The molecule has 0 aromatic heterocycles. The summed E-state index contributed by atoms with van der Waals surface area (Å²) in [6.07, 6.45) is 0. The fraction of sp³-hybridized carbons (Fsp3) is 0.500. The van der Waals surface area contributed by atoms with E-state index in [-0.39, 0.29) is 0 Å². The zero-order chi connectivity index (χ0) is 10.3. The van der Waals surface area contributed by atoms with Crippen molar-refractivity contribution in [2.24, 2.45) is 5.92 Å². The molecular weight excluding hydrogens is 190 g/mol. The highest BCUT2D eigenvalue weighted by Gasteiger charge is 2.25. The third-order valence-corrected chi connectivity index (χ3v) is 4.50. The van der Waals surface area contributed by atoms with Gasteiger partial charge in [-0.15, -0.1) is 0 Å². The quantitative estimate of drug-likeness (QED) is 0.751. The van der Waals surface area contributed by atoms with Crippen LogP contribution in [0.3, 0.4) is 0 Å². The van der Waals surface area contributed by atoms with E-state index < -0.39 is 0 Å². The minimum Gasteiger partial charge on any atom is -0.372 e. The van der Waals surface area contributed by atoms with E-state index in [1.807, 2.05) is 11.8 Å². The fourth-order valence-electron chi connectivity index (χ4n) is 1.67. The van der Waals surface area contributed by atoms with E-state index in [2.05, 4.69) is 45.1 Å². The van der Waals surface area contributed by atoms with E-state index in [0.717, 1.165) is 0 Å². The molecule has 1 aliphatic heterocycles. The van der Waals surface area contributed by atoms with Crippen LogP contribution in [-0.4, -0.2) is 5.37 Å². The summed E-state index contributed by atoms with van der Waals surface area (Å²) in [6.45, 7) is 8.92. The van der Waals surface area contributed by atoms with Gasteiger partial charge < -0.3 is 5.32 Å². The summed E-state index contributed by atoms with van der Waals surface area (Å²) in [5, 5.41) is 4.11. The summed E-state index contributed by atoms with van der Waals surface area (Å²) in [5.74, 6) is 0.673. The molecule has 0 bridgehead atoms. The lowest BCUT2D eigenvalue weighted by Crippen LogP contribution is -2.16. The first-order valence-corrected chi connectivity index (χ1v) is 6.01. The Balaban J connectivity index is 2.36. The second-order valence-electron chi connectivity index (χ2n) is 4.31. The number of fused-ring (bicyclic) bond motifs is 1. The van der Waals surface area contributed by atoms with Gasteiger partial charge in [0.05, 0.1) is 5.37 Å². The number of thioether (sulfide) groups is 1. The standard InChI is InChI=1S/C12H17NS/c1-7(2)12-13-10-6-5-8(3)9(4)11(10)14-12/h5-7,12-13H,1-4H3. The molecule has 1 unspecified atom stereocenters. The molecule has 0 amide bonds. The molecule has 1 heterocycles. The van der Waals surface area contributed by atoms with Crippen molar-refractivity contribution in [3.8, 4) is 0 Å². The summed E-state index contributed by atoms with van der Waals surface area (Å²) in [5.41, 5.74) is 4.14. The molecule has 1 atom stereocenters. The Morgan fingerprint density at radius 1 is 1.29 bits per heavy atom. The summed E-state index contributed by atoms with van der Waals surface area (Å²) < 4.78 is 0. The summed E-state index contributed by atoms with van der Waals surface area (Å²) in [6, 6.07) is 4.40. The van der Waals surface area contributed by atoms with Crippen LogP contribution in [0.2, 0.25) is 0 Å². The summed E-state index contributed by atoms with van der Waals surface area (Å²) >= 11 is 1.97. The van der Waals surface area contributed by atoms with Gasteiger partial charge >= 0.3 is 0 Å². The molecule has 0 saturated carbocycles. The van der Waals surface area contributed by atoms with Crippen molar-refractivity contribution in [3.63, 3.8) is 0 Å². The minimum absolute atomic E-state index is 0.547. The maximum atomic E-state index is 3.56. The van der Waals surface area contributed by atoms with Crippen molar-refractivity contribution in [1.82, 2.24) is 0 Å². The van der Waals surface area contributed by atoms with E-state index in [4.69, 9.17) is 0 Å². The van der Waals surface area contributed by atoms with Crippen molar-refractivity contribution < 1.29 is 0 Å². The molecule has 0 fully saturated rings. The van der Waals surface area contributed by atoms with Gasteiger partial charge in [-0.2, -0.15) is 0 Å². The number of hydrogen-bond acceptors (Lipinski definition) is 2. The molecule has 1 aromatic carbocycles. The van der Waals surface area contributed by atoms with Crippen LogP contribution in [0.5, 0.6) is 0 Å². The number of hydrogen-bond donors (Lipinski definition) is 1. The summed E-state index contributed by atoms with van der Waals surface area (Å²) in [4.78, 5) is 1.45. The largest absolute Gasteiger partial charge is 0.372 e. The molecule has 0 spiro atoms. The molecule has 76 valence electrons. The van der Waals surface area contributed by atoms with Crippen LogP contribution < -0.4 is 5.32 Å². The molecule has 1 N–H and O–H groups in total. The third kappa shape index (κ3) is 1.52. The highest BCUT2D eigenvalue weighted by atomic mass is 32.2. The smallest absolute Gasteiger partial charge is 0.0793 e. The van der Waals surface area contributed by atoms with Gasteiger partial charge in [-0.25, -0.2) is 0 Å². The van der Waals surface area contributed by atoms with Gasteiger partial charge in [0.1, 0.15) is 0 Å². The van der Waals surface area contributed by atoms with Crippen molar-refractivity contribution in [1.29, 1.82) is 0 Å². The van der Waals surface area contributed by atoms with Crippen LogP contribution in [0, 0.1) is 19.8 Å². The van der Waals surface area contributed by atoms with Gasteiger partial charge in [0.2, 0.25) is 0 Å². The molecule has 0 radical (unpaired) electrons. The first-order chi connectivity index (χ1) is 6.59. The molecule has 1 aromatic rings. The van der Waals surface area contributed by atoms with Gasteiger partial charge in [0.25, 0.3) is 0 Å². The van der Waals surface area contributed by atoms with Crippen LogP contribution in [0.4, 0.5) is 5.69 Å². The molecule has 1 nitrogen and oxygen atoms in total. The predicted octanol–water partition coefficient (Wildman–Crippen LogP) is 3.80. The number of benzene rings is 1. The van der Waals surface area contributed by atoms with Gasteiger partial charge in [0, 0.05) is 10.6 Å². The van der Waals surface area contributed by atoms with Crippen LogP contribution in [0.15, 0.2) is 17.0 Å². The van der Waals surface area contributed by atoms with Crippen molar-refractivity contribution in [2.75, 3.05) is 5.32 Å². The maximum Gasteiger partial charge on any atom is 0.0793 e. The SMILES string of the molecule is Cc1ccc2c(c1C)SC(C(C)C)N2. The van der Waals surface area contributed by atoms with Gasteiger partial charge in [-0.1, -0.05) is 31.7 Å². The van der Waals surface area contributed by atoms with Crippen LogP contribution >= 0.6 is 11.8 Å². The number of nitrogens with one attached hydrogen (secondary N) is 1. The number of anilines is 1. The van der Waals surface area contributed by atoms with Crippen molar-refractivity contribution in [2.45, 2.75) is 38.0 Å². The maximum absolute atomic E-state index is 3.56. The van der Waals surface area contributed by atoms with Gasteiger partial charge in [-0.3, -0.25) is 0 Å². The molecule has 2 heteroatoms. The second-order valence-corrected chi connectivity index (χ2v) is 5.46. The fourth-order valence-corrected chi connectivity index (χ4v) is 2.97. The second kappa shape index (κ2) is 3.50. The Hall–Kier alpha value is -0.630. The normalized spacial score (nSPS) is 19.6. The van der Waals surface area contributed by atoms with Crippen molar-refractivity contribution >= 4 is 17.4 Å². The Bertz CT molecular complexity index is 358. The first kappa shape index (κ1) is 9.91. The highest BCUT2D eigenvalue weighted by Crippen LogP contribution is 2.43. The zero-order valence-corrected chi connectivity index (χ0v) is 10.0. The molecule has 2 rings (SSSR count). The topological polar surface area (TPSA) is 12.0 Å². The lowest BCUT2D eigenvalue weighted by atomic mass is 10.1. The highest BCUT2D eigenvalue weighted by molar-refractivity contribution is 8.00. The van der Waals surface area contributed by atoms with E-state index in [9.17, 15) is 0 Å². The van der Waals surface area contributed by atoms with Crippen LogP contribution in [0.1, 0.15) is 25.0 Å². The number of rotatable bonds is 1. The molecule has 0 saturated heterocycles. The van der Waals surface area contributed by atoms with Crippen LogP contribution in [0.25, 0.3) is 0 Å². The summed E-state index contributed by atoms with van der Waals surface area (Å²) in [7, 11) is 0. The minimum atomic E-state index is 0.547. The zero-order valence-electron chi connectivity index (χ0n) is 9.22. The Labute approximate surface area is 90.3 Å². The average molecular weight is 207 g/mol.